The first-order valence-electron chi connectivity index (χ1n) is 7.29. The van der Waals surface area contributed by atoms with Gasteiger partial charge in [-0.2, -0.15) is 0 Å². The third-order valence-corrected chi connectivity index (χ3v) is 4.58. The summed E-state index contributed by atoms with van der Waals surface area (Å²) in [7, 11) is 0. The van der Waals surface area contributed by atoms with Gasteiger partial charge in [-0.15, -0.1) is 0 Å². The first kappa shape index (κ1) is 18.9. The third-order valence-electron chi connectivity index (χ3n) is 3.20. The number of amides is 1. The fraction of sp³-hybridized carbons (Fsp3) is 0.250. The molecule has 1 aliphatic rings. The van der Waals surface area contributed by atoms with Crippen LogP contribution in [-0.4, -0.2) is 50.4 Å². The van der Waals surface area contributed by atoms with Gasteiger partial charge in [-0.3, -0.25) is 14.5 Å². The molecule has 1 aromatic carbocycles. The van der Waals surface area contributed by atoms with E-state index in [1.54, 1.807) is 30.3 Å². The number of thiocarbonyl (C=S) groups is 1. The van der Waals surface area contributed by atoms with Gasteiger partial charge in [0.15, 0.2) is 6.61 Å². The van der Waals surface area contributed by atoms with Crippen molar-refractivity contribution in [1.29, 1.82) is 0 Å². The van der Waals surface area contributed by atoms with Gasteiger partial charge in [0.05, 0.1) is 4.91 Å². The Balaban J connectivity index is 2.13. The molecule has 7 nitrogen and oxygen atoms in total. The zero-order valence-corrected chi connectivity index (χ0v) is 14.6. The smallest absolute Gasteiger partial charge is 0.341 e. The molecule has 2 rings (SSSR count). The number of hydrogen-bond donors (Lipinski definition) is 2. The van der Waals surface area contributed by atoms with Crippen LogP contribution >= 0.6 is 24.0 Å². The number of carbonyl (C=O) groups excluding carboxylic acids is 1. The number of hydrogen-bond acceptors (Lipinski definition) is 6. The summed E-state index contributed by atoms with van der Waals surface area (Å²) in [5, 5.41) is 17.4. The summed E-state index contributed by atoms with van der Waals surface area (Å²) in [6.07, 6.45) is 1.86. The van der Waals surface area contributed by atoms with Gasteiger partial charge in [-0.25, -0.2) is 4.79 Å². The van der Waals surface area contributed by atoms with E-state index in [4.69, 9.17) is 27.2 Å². The second-order valence-corrected chi connectivity index (χ2v) is 6.73. The average Bonchev–Trinajstić information content (AvgIpc) is 2.81. The Labute approximate surface area is 153 Å². The Morgan fingerprint density at radius 3 is 2.64 bits per heavy atom. The molecule has 9 heteroatoms. The second-order valence-electron chi connectivity index (χ2n) is 5.05. The van der Waals surface area contributed by atoms with Gasteiger partial charge in [0, 0.05) is 18.5 Å². The topological polar surface area (TPSA) is 104 Å². The van der Waals surface area contributed by atoms with Gasteiger partial charge in [0.2, 0.25) is 0 Å². The van der Waals surface area contributed by atoms with Crippen molar-refractivity contribution in [3.63, 3.8) is 0 Å². The number of ether oxygens (including phenoxy) is 1. The number of thioether (sulfide) groups is 1. The Hall–Kier alpha value is -2.39. The molecule has 0 radical (unpaired) electrons. The number of carboxylic acid groups (broad SMARTS) is 2. The van der Waals surface area contributed by atoms with Crippen molar-refractivity contribution in [2.75, 3.05) is 13.2 Å². The predicted molar refractivity (Wildman–Crippen MR) is 96.3 cm³/mol. The molecule has 0 spiro atoms. The van der Waals surface area contributed by atoms with Crippen molar-refractivity contribution >= 4 is 52.2 Å². The van der Waals surface area contributed by atoms with Crippen LogP contribution in [0.2, 0.25) is 0 Å². The highest BCUT2D eigenvalue weighted by Gasteiger charge is 2.31. The summed E-state index contributed by atoms with van der Waals surface area (Å²) in [6, 6.07) is 6.76. The number of rotatable bonds is 8. The molecule has 0 saturated carbocycles. The first-order valence-corrected chi connectivity index (χ1v) is 8.51. The Morgan fingerprint density at radius 2 is 1.96 bits per heavy atom. The number of carboxylic acids is 2. The molecule has 1 amide bonds. The Kier molecular flexibility index (Phi) is 6.54. The highest BCUT2D eigenvalue weighted by Crippen LogP contribution is 2.34. The molecular formula is C16H15NO6S2. The van der Waals surface area contributed by atoms with Crippen LogP contribution in [0.5, 0.6) is 5.75 Å². The van der Waals surface area contributed by atoms with E-state index in [9.17, 15) is 14.4 Å². The lowest BCUT2D eigenvalue weighted by Crippen LogP contribution is -2.29. The molecular weight excluding hydrogens is 366 g/mol. The van der Waals surface area contributed by atoms with E-state index in [-0.39, 0.29) is 18.9 Å². The van der Waals surface area contributed by atoms with Crippen LogP contribution in [0.1, 0.15) is 18.4 Å². The maximum absolute atomic E-state index is 12.4. The molecule has 0 unspecified atom stereocenters. The minimum atomic E-state index is -1.10. The summed E-state index contributed by atoms with van der Waals surface area (Å²) in [6.45, 7) is -0.244. The van der Waals surface area contributed by atoms with E-state index < -0.39 is 18.5 Å². The average molecular weight is 381 g/mol. The van der Waals surface area contributed by atoms with E-state index >= 15 is 0 Å². The number of nitrogens with zero attached hydrogens (tertiary/aromatic N) is 1. The zero-order valence-electron chi connectivity index (χ0n) is 13.0. The summed E-state index contributed by atoms with van der Waals surface area (Å²) in [5.41, 5.74) is 0.565. The Morgan fingerprint density at radius 1 is 1.24 bits per heavy atom. The molecule has 1 aliphatic heterocycles. The van der Waals surface area contributed by atoms with Gasteiger partial charge in [0.1, 0.15) is 10.1 Å². The monoisotopic (exact) mass is 381 g/mol. The summed E-state index contributed by atoms with van der Waals surface area (Å²) >= 11 is 6.30. The van der Waals surface area contributed by atoms with Gasteiger partial charge in [0.25, 0.3) is 5.91 Å². The quantitative estimate of drug-likeness (QED) is 0.522. The predicted octanol–water partition coefficient (Wildman–Crippen LogP) is 2.22. The summed E-state index contributed by atoms with van der Waals surface area (Å²) in [5.74, 6) is -1.97. The molecule has 0 atom stereocenters. The van der Waals surface area contributed by atoms with Crippen LogP contribution in [0, 0.1) is 0 Å². The van der Waals surface area contributed by atoms with Gasteiger partial charge < -0.3 is 14.9 Å². The first-order chi connectivity index (χ1) is 11.9. The van der Waals surface area contributed by atoms with E-state index in [1.165, 1.54) is 4.90 Å². The fourth-order valence-corrected chi connectivity index (χ4v) is 3.39. The van der Waals surface area contributed by atoms with Crippen LogP contribution in [-0.2, 0) is 14.4 Å². The van der Waals surface area contributed by atoms with Crippen molar-refractivity contribution in [2.45, 2.75) is 12.8 Å². The van der Waals surface area contributed by atoms with Crippen LogP contribution in [0.4, 0.5) is 0 Å². The molecule has 1 heterocycles. The van der Waals surface area contributed by atoms with Crippen molar-refractivity contribution in [2.24, 2.45) is 0 Å². The van der Waals surface area contributed by atoms with Crippen LogP contribution < -0.4 is 4.74 Å². The van der Waals surface area contributed by atoms with Gasteiger partial charge in [-0.05, 0) is 18.6 Å². The maximum Gasteiger partial charge on any atom is 0.341 e. The molecule has 0 bridgehead atoms. The molecule has 132 valence electrons. The molecule has 1 fully saturated rings. The number of benzene rings is 1. The Bertz CT molecular complexity index is 746. The minimum Gasteiger partial charge on any atom is -0.481 e. The highest BCUT2D eigenvalue weighted by atomic mass is 32.2. The van der Waals surface area contributed by atoms with Crippen molar-refractivity contribution in [1.82, 2.24) is 4.90 Å². The van der Waals surface area contributed by atoms with Crippen molar-refractivity contribution < 1.29 is 29.3 Å². The fourth-order valence-electron chi connectivity index (χ4n) is 2.09. The second kappa shape index (κ2) is 8.63. The standard InChI is InChI=1S/C16H15NO6S2/c18-13(19)6-3-7-17-15(22)12(25-16(17)24)8-10-4-1-2-5-11(10)23-9-14(20)21/h1-2,4-5,8H,3,6-7,9H2,(H,18,19)(H,20,21)/b12-8+. The summed E-state index contributed by atoms with van der Waals surface area (Å²) < 4.78 is 5.58. The van der Waals surface area contributed by atoms with E-state index in [1.807, 2.05) is 0 Å². The summed E-state index contributed by atoms with van der Waals surface area (Å²) in [4.78, 5) is 35.4. The highest BCUT2D eigenvalue weighted by molar-refractivity contribution is 8.26. The van der Waals surface area contributed by atoms with Crippen molar-refractivity contribution in [3.05, 3.63) is 34.7 Å². The molecule has 25 heavy (non-hydrogen) atoms. The van der Waals surface area contributed by atoms with Gasteiger partial charge in [-0.1, -0.05) is 42.2 Å². The maximum atomic E-state index is 12.4. The van der Waals surface area contributed by atoms with Gasteiger partial charge >= 0.3 is 11.9 Å². The van der Waals surface area contributed by atoms with Crippen LogP contribution in [0.15, 0.2) is 29.2 Å². The van der Waals surface area contributed by atoms with E-state index in [0.717, 1.165) is 11.8 Å². The van der Waals surface area contributed by atoms with E-state index in [2.05, 4.69) is 0 Å². The lowest BCUT2D eigenvalue weighted by molar-refractivity contribution is -0.139. The molecule has 2 N–H and O–H groups in total. The third kappa shape index (κ3) is 5.30. The van der Waals surface area contributed by atoms with E-state index in [0.29, 0.717) is 27.0 Å². The molecule has 1 saturated heterocycles. The molecule has 0 aliphatic carbocycles. The lowest BCUT2D eigenvalue weighted by Gasteiger charge is -2.13. The van der Waals surface area contributed by atoms with Crippen molar-refractivity contribution in [3.8, 4) is 5.75 Å². The van der Waals surface area contributed by atoms with Crippen LogP contribution in [0.25, 0.3) is 6.08 Å². The number of aliphatic carboxylic acids is 2. The minimum absolute atomic E-state index is 0.0397. The lowest BCUT2D eigenvalue weighted by atomic mass is 10.2. The number of carbonyl (C=O) groups is 3. The molecule has 0 aromatic heterocycles. The SMILES string of the molecule is O=C(O)CCCN1C(=O)/C(=C\c2ccccc2OCC(=O)O)SC1=S. The zero-order chi connectivity index (χ0) is 18.4. The number of para-hydroxylation sites is 1. The van der Waals surface area contributed by atoms with Crippen LogP contribution in [0.3, 0.4) is 0 Å². The normalized spacial score (nSPS) is 15.7. The largest absolute Gasteiger partial charge is 0.481 e. The molecule has 1 aromatic rings.